The van der Waals surface area contributed by atoms with Crippen molar-refractivity contribution < 1.29 is 4.79 Å². The van der Waals surface area contributed by atoms with E-state index in [1.165, 1.54) is 12.8 Å². The van der Waals surface area contributed by atoms with Gasteiger partial charge in [-0.05, 0) is 31.0 Å². The van der Waals surface area contributed by atoms with E-state index in [2.05, 4.69) is 19.9 Å². The quantitative estimate of drug-likeness (QED) is 0.864. The molecule has 0 spiro atoms. The molecule has 2 fully saturated rings. The molecule has 6 nitrogen and oxygen atoms in total. The van der Waals surface area contributed by atoms with Crippen LogP contribution >= 0.6 is 0 Å². The minimum atomic E-state index is 0.0547. The Morgan fingerprint density at radius 2 is 1.91 bits per heavy atom. The van der Waals surface area contributed by atoms with Crippen molar-refractivity contribution in [2.75, 3.05) is 31.1 Å². The SMILES string of the molecule is O=C(c1cccnc1)N1CCN(c2ccnc(C3CC3)n2)CC1. The molecule has 3 heterocycles. The van der Waals surface area contributed by atoms with E-state index >= 15 is 0 Å². The van der Waals surface area contributed by atoms with Crippen molar-refractivity contribution in [2.45, 2.75) is 18.8 Å². The Hall–Kier alpha value is -2.50. The number of anilines is 1. The molecule has 0 radical (unpaired) electrons. The smallest absolute Gasteiger partial charge is 0.255 e. The van der Waals surface area contributed by atoms with Gasteiger partial charge >= 0.3 is 0 Å². The Labute approximate surface area is 135 Å². The number of hydrogen-bond donors (Lipinski definition) is 0. The molecule has 6 heteroatoms. The van der Waals surface area contributed by atoms with Gasteiger partial charge in [0.25, 0.3) is 5.91 Å². The first-order valence-electron chi connectivity index (χ1n) is 8.08. The van der Waals surface area contributed by atoms with Crippen molar-refractivity contribution in [3.05, 3.63) is 48.2 Å². The predicted octanol–water partition coefficient (Wildman–Crippen LogP) is 1.71. The van der Waals surface area contributed by atoms with Crippen LogP contribution in [0.1, 0.15) is 34.9 Å². The van der Waals surface area contributed by atoms with Crippen LogP contribution in [0.15, 0.2) is 36.8 Å². The molecule has 0 unspecified atom stereocenters. The zero-order chi connectivity index (χ0) is 15.6. The van der Waals surface area contributed by atoms with Crippen molar-refractivity contribution in [2.24, 2.45) is 0 Å². The third kappa shape index (κ3) is 3.02. The maximum atomic E-state index is 12.4. The fraction of sp³-hybridized carbons (Fsp3) is 0.412. The molecule has 0 aromatic carbocycles. The fourth-order valence-corrected chi connectivity index (χ4v) is 2.89. The third-order valence-corrected chi connectivity index (χ3v) is 4.40. The largest absolute Gasteiger partial charge is 0.353 e. The molecule has 23 heavy (non-hydrogen) atoms. The second-order valence-electron chi connectivity index (χ2n) is 6.07. The van der Waals surface area contributed by atoms with Gasteiger partial charge in [-0.3, -0.25) is 9.78 Å². The summed E-state index contributed by atoms with van der Waals surface area (Å²) in [5.74, 6) is 2.56. The van der Waals surface area contributed by atoms with Crippen LogP contribution in [-0.2, 0) is 0 Å². The Morgan fingerprint density at radius 1 is 1.09 bits per heavy atom. The molecular weight excluding hydrogens is 290 g/mol. The highest BCUT2D eigenvalue weighted by atomic mass is 16.2. The van der Waals surface area contributed by atoms with E-state index in [9.17, 15) is 4.79 Å². The average Bonchev–Trinajstić information content (AvgIpc) is 3.47. The number of carbonyl (C=O) groups is 1. The monoisotopic (exact) mass is 309 g/mol. The Kier molecular flexibility index (Phi) is 3.65. The van der Waals surface area contributed by atoms with Gasteiger partial charge in [-0.1, -0.05) is 0 Å². The number of hydrogen-bond acceptors (Lipinski definition) is 5. The van der Waals surface area contributed by atoms with E-state index in [0.29, 0.717) is 24.6 Å². The molecule has 2 aromatic rings. The van der Waals surface area contributed by atoms with E-state index < -0.39 is 0 Å². The van der Waals surface area contributed by atoms with E-state index in [1.54, 1.807) is 18.5 Å². The summed E-state index contributed by atoms with van der Waals surface area (Å²) in [5, 5.41) is 0. The van der Waals surface area contributed by atoms with Crippen LogP contribution in [0.4, 0.5) is 5.82 Å². The lowest BCUT2D eigenvalue weighted by Gasteiger charge is -2.35. The third-order valence-electron chi connectivity index (χ3n) is 4.40. The summed E-state index contributed by atoms with van der Waals surface area (Å²) >= 11 is 0. The molecule has 1 amide bonds. The molecule has 1 aliphatic carbocycles. The lowest BCUT2D eigenvalue weighted by atomic mass is 10.2. The van der Waals surface area contributed by atoms with Gasteiger partial charge in [-0.25, -0.2) is 9.97 Å². The van der Waals surface area contributed by atoms with Crippen molar-refractivity contribution in [3.63, 3.8) is 0 Å². The zero-order valence-corrected chi connectivity index (χ0v) is 12.9. The molecule has 2 aromatic heterocycles. The molecule has 0 bridgehead atoms. The van der Waals surface area contributed by atoms with Gasteiger partial charge in [0.15, 0.2) is 0 Å². The van der Waals surface area contributed by atoms with E-state index in [4.69, 9.17) is 0 Å². The summed E-state index contributed by atoms with van der Waals surface area (Å²) in [4.78, 5) is 29.6. The van der Waals surface area contributed by atoms with E-state index in [-0.39, 0.29) is 5.91 Å². The Balaban J connectivity index is 1.41. The van der Waals surface area contributed by atoms with Crippen LogP contribution in [0.2, 0.25) is 0 Å². The average molecular weight is 309 g/mol. The fourth-order valence-electron chi connectivity index (χ4n) is 2.89. The number of carbonyl (C=O) groups excluding carboxylic acids is 1. The summed E-state index contributed by atoms with van der Waals surface area (Å²) in [7, 11) is 0. The predicted molar refractivity (Wildman–Crippen MR) is 86.4 cm³/mol. The number of aromatic nitrogens is 3. The van der Waals surface area contributed by atoms with Gasteiger partial charge in [0, 0.05) is 50.7 Å². The summed E-state index contributed by atoms with van der Waals surface area (Å²) < 4.78 is 0. The molecular formula is C17H19N5O. The number of nitrogens with zero attached hydrogens (tertiary/aromatic N) is 5. The highest BCUT2D eigenvalue weighted by Crippen LogP contribution is 2.38. The zero-order valence-electron chi connectivity index (χ0n) is 12.9. The van der Waals surface area contributed by atoms with Crippen LogP contribution < -0.4 is 4.90 Å². The second kappa shape index (κ2) is 5.95. The first-order valence-corrected chi connectivity index (χ1v) is 8.08. The van der Waals surface area contributed by atoms with Gasteiger partial charge < -0.3 is 9.80 Å². The van der Waals surface area contributed by atoms with Crippen molar-refractivity contribution >= 4 is 11.7 Å². The molecule has 0 atom stereocenters. The maximum Gasteiger partial charge on any atom is 0.255 e. The summed E-state index contributed by atoms with van der Waals surface area (Å²) in [6, 6.07) is 5.57. The highest BCUT2D eigenvalue weighted by Gasteiger charge is 2.28. The molecule has 1 aliphatic heterocycles. The minimum absolute atomic E-state index is 0.0547. The lowest BCUT2D eigenvalue weighted by molar-refractivity contribution is 0.0746. The molecule has 1 saturated carbocycles. The summed E-state index contributed by atoms with van der Waals surface area (Å²) in [6.45, 7) is 3.01. The number of piperazine rings is 1. The van der Waals surface area contributed by atoms with Gasteiger partial charge in [-0.15, -0.1) is 0 Å². The molecule has 0 N–H and O–H groups in total. The summed E-state index contributed by atoms with van der Waals surface area (Å²) in [6.07, 6.45) is 7.57. The lowest BCUT2D eigenvalue weighted by Crippen LogP contribution is -2.49. The van der Waals surface area contributed by atoms with E-state index in [0.717, 1.165) is 24.7 Å². The van der Waals surface area contributed by atoms with Crippen LogP contribution in [0, 0.1) is 0 Å². The number of amides is 1. The first kappa shape index (κ1) is 14.1. The van der Waals surface area contributed by atoms with Gasteiger partial charge in [0.05, 0.1) is 5.56 Å². The normalized spacial score (nSPS) is 18.1. The standard InChI is InChI=1S/C17H19N5O/c23-17(14-2-1-6-18-12-14)22-10-8-21(9-11-22)15-5-7-19-16(20-15)13-3-4-13/h1-2,5-7,12-13H,3-4,8-11H2. The van der Waals surface area contributed by atoms with E-state index in [1.807, 2.05) is 23.2 Å². The van der Waals surface area contributed by atoms with Crippen molar-refractivity contribution in [3.8, 4) is 0 Å². The van der Waals surface area contributed by atoms with Crippen LogP contribution in [0.5, 0.6) is 0 Å². The van der Waals surface area contributed by atoms with Crippen LogP contribution in [-0.4, -0.2) is 51.9 Å². The van der Waals surface area contributed by atoms with Gasteiger partial charge in [-0.2, -0.15) is 0 Å². The molecule has 2 aliphatic rings. The molecule has 1 saturated heterocycles. The van der Waals surface area contributed by atoms with Crippen LogP contribution in [0.25, 0.3) is 0 Å². The molecule has 118 valence electrons. The van der Waals surface area contributed by atoms with Gasteiger partial charge in [0.1, 0.15) is 11.6 Å². The first-order chi connectivity index (χ1) is 11.3. The second-order valence-corrected chi connectivity index (χ2v) is 6.07. The molecule has 4 rings (SSSR count). The van der Waals surface area contributed by atoms with Crippen molar-refractivity contribution in [1.29, 1.82) is 0 Å². The maximum absolute atomic E-state index is 12.4. The topological polar surface area (TPSA) is 62.2 Å². The number of pyridine rings is 1. The van der Waals surface area contributed by atoms with Crippen molar-refractivity contribution in [1.82, 2.24) is 19.9 Å². The minimum Gasteiger partial charge on any atom is -0.353 e. The summed E-state index contributed by atoms with van der Waals surface area (Å²) in [5.41, 5.74) is 0.652. The van der Waals surface area contributed by atoms with Gasteiger partial charge in [0.2, 0.25) is 0 Å². The Morgan fingerprint density at radius 3 is 2.61 bits per heavy atom. The Bertz CT molecular complexity index is 693. The highest BCUT2D eigenvalue weighted by molar-refractivity contribution is 5.94. The van der Waals surface area contributed by atoms with Crippen LogP contribution in [0.3, 0.4) is 0 Å². The number of rotatable bonds is 3.